The molecule has 1 aliphatic heterocycles. The third-order valence-corrected chi connectivity index (χ3v) is 5.18. The van der Waals surface area contributed by atoms with Crippen LogP contribution in [0.2, 0.25) is 0 Å². The molecule has 0 bridgehead atoms. The van der Waals surface area contributed by atoms with Gasteiger partial charge in [-0.15, -0.1) is 0 Å². The highest BCUT2D eigenvalue weighted by atomic mass is 32.2. The van der Waals surface area contributed by atoms with E-state index in [1.165, 1.54) is 4.90 Å². The van der Waals surface area contributed by atoms with Crippen molar-refractivity contribution in [1.82, 2.24) is 0 Å². The van der Waals surface area contributed by atoms with Crippen molar-refractivity contribution in [2.45, 2.75) is 25.8 Å². The summed E-state index contributed by atoms with van der Waals surface area (Å²) in [4.78, 5) is 13.7. The van der Waals surface area contributed by atoms with E-state index in [-0.39, 0.29) is 29.9 Å². The van der Waals surface area contributed by atoms with Gasteiger partial charge in [0.15, 0.2) is 9.84 Å². The molecule has 0 saturated carbocycles. The van der Waals surface area contributed by atoms with E-state index in [9.17, 15) is 13.2 Å². The highest BCUT2D eigenvalue weighted by Crippen LogP contribution is 2.27. The molecule has 0 spiro atoms. The lowest BCUT2D eigenvalue weighted by Gasteiger charge is -2.28. The summed E-state index contributed by atoms with van der Waals surface area (Å²) in [7, 11) is -3.09. The highest BCUT2D eigenvalue weighted by molar-refractivity contribution is 7.91. The van der Waals surface area contributed by atoms with Gasteiger partial charge in [-0.1, -0.05) is 19.1 Å². The quantitative estimate of drug-likeness (QED) is 0.845. The van der Waals surface area contributed by atoms with Crippen molar-refractivity contribution in [2.24, 2.45) is 0 Å². The smallest absolute Gasteiger partial charge is 0.227 e. The average Bonchev–Trinajstić information content (AvgIpc) is 2.79. The molecule has 1 unspecified atom stereocenters. The summed E-state index contributed by atoms with van der Waals surface area (Å²) < 4.78 is 23.3. The molecule has 1 atom stereocenters. The number of carbonyl (C=O) groups is 1. The van der Waals surface area contributed by atoms with Crippen LogP contribution < -0.4 is 4.90 Å². The van der Waals surface area contributed by atoms with Crippen molar-refractivity contribution in [3.05, 3.63) is 29.8 Å². The van der Waals surface area contributed by atoms with Crippen molar-refractivity contribution in [2.75, 3.05) is 16.4 Å². The molecule has 20 heavy (non-hydrogen) atoms. The van der Waals surface area contributed by atoms with Crippen LogP contribution in [0.15, 0.2) is 24.3 Å². The summed E-state index contributed by atoms with van der Waals surface area (Å²) in [5.41, 5.74) is 0.891. The van der Waals surface area contributed by atoms with Gasteiger partial charge in [-0.05, 0) is 18.6 Å². The van der Waals surface area contributed by atoms with E-state index >= 15 is 0 Å². The molecule has 1 saturated heterocycles. The fraction of sp³-hybridized carbons (Fsp3) is 0.429. The molecule has 1 fully saturated rings. The van der Waals surface area contributed by atoms with Crippen molar-refractivity contribution in [1.29, 1.82) is 5.26 Å². The zero-order chi connectivity index (χ0) is 14.8. The minimum Gasteiger partial charge on any atom is -0.307 e. The van der Waals surface area contributed by atoms with E-state index in [2.05, 4.69) is 6.07 Å². The molecule has 5 nitrogen and oxygen atoms in total. The van der Waals surface area contributed by atoms with E-state index in [0.717, 1.165) is 0 Å². The first-order chi connectivity index (χ1) is 9.48. The summed E-state index contributed by atoms with van der Waals surface area (Å²) in [5, 5.41) is 9.16. The molecular weight excluding hydrogens is 276 g/mol. The molecule has 0 aromatic heterocycles. The number of carbonyl (C=O) groups excluding carboxylic acids is 1. The maximum absolute atomic E-state index is 12.2. The van der Waals surface area contributed by atoms with Gasteiger partial charge in [-0.25, -0.2) is 8.42 Å². The number of para-hydroxylation sites is 1. The first-order valence-electron chi connectivity index (χ1n) is 6.50. The largest absolute Gasteiger partial charge is 0.307 e. The number of nitriles is 1. The van der Waals surface area contributed by atoms with E-state index in [0.29, 0.717) is 17.7 Å². The molecule has 1 amide bonds. The van der Waals surface area contributed by atoms with Crippen LogP contribution in [-0.4, -0.2) is 31.9 Å². The lowest BCUT2D eigenvalue weighted by atomic mass is 10.1. The minimum atomic E-state index is -3.09. The van der Waals surface area contributed by atoms with Crippen molar-refractivity contribution in [3.8, 4) is 6.07 Å². The number of rotatable bonds is 3. The Kier molecular flexibility index (Phi) is 4.09. The van der Waals surface area contributed by atoms with Crippen molar-refractivity contribution in [3.63, 3.8) is 0 Å². The van der Waals surface area contributed by atoms with Crippen molar-refractivity contribution >= 4 is 21.4 Å². The van der Waals surface area contributed by atoms with Gasteiger partial charge < -0.3 is 4.90 Å². The Morgan fingerprint density at radius 3 is 2.70 bits per heavy atom. The van der Waals surface area contributed by atoms with Gasteiger partial charge in [0.2, 0.25) is 5.91 Å². The van der Waals surface area contributed by atoms with Gasteiger partial charge in [0, 0.05) is 6.42 Å². The third-order valence-electron chi connectivity index (χ3n) is 3.43. The van der Waals surface area contributed by atoms with Gasteiger partial charge >= 0.3 is 0 Å². The zero-order valence-corrected chi connectivity index (χ0v) is 12.1. The lowest BCUT2D eigenvalue weighted by molar-refractivity contribution is -0.118. The SMILES string of the molecule is CCC(=O)N(c1ccccc1C#N)C1CCS(=O)(=O)C1. The van der Waals surface area contributed by atoms with Crippen LogP contribution in [0.25, 0.3) is 0 Å². The molecular formula is C14H16N2O3S. The van der Waals surface area contributed by atoms with Crippen LogP contribution in [0.4, 0.5) is 5.69 Å². The highest BCUT2D eigenvalue weighted by Gasteiger charge is 2.35. The number of nitrogens with zero attached hydrogens (tertiary/aromatic N) is 2. The second kappa shape index (κ2) is 5.63. The second-order valence-electron chi connectivity index (χ2n) is 4.80. The summed E-state index contributed by atoms with van der Waals surface area (Å²) in [6, 6.07) is 8.48. The Morgan fingerprint density at radius 1 is 1.45 bits per heavy atom. The van der Waals surface area contributed by atoms with E-state index in [1.54, 1.807) is 31.2 Å². The van der Waals surface area contributed by atoms with Crippen LogP contribution in [0.3, 0.4) is 0 Å². The van der Waals surface area contributed by atoms with E-state index in [1.807, 2.05) is 0 Å². The van der Waals surface area contributed by atoms with Crippen LogP contribution >= 0.6 is 0 Å². The summed E-state index contributed by atoms with van der Waals surface area (Å²) in [5.74, 6) is -0.0898. The van der Waals surface area contributed by atoms with E-state index in [4.69, 9.17) is 5.26 Å². The fourth-order valence-electron chi connectivity index (χ4n) is 2.46. The minimum absolute atomic E-state index is 0.0293. The van der Waals surface area contributed by atoms with Gasteiger partial charge in [-0.2, -0.15) is 5.26 Å². The molecule has 6 heteroatoms. The second-order valence-corrected chi connectivity index (χ2v) is 7.03. The Bertz CT molecular complexity index is 661. The molecule has 0 radical (unpaired) electrons. The number of hydrogen-bond acceptors (Lipinski definition) is 4. The topological polar surface area (TPSA) is 78.2 Å². The number of hydrogen-bond donors (Lipinski definition) is 0. The zero-order valence-electron chi connectivity index (χ0n) is 11.2. The van der Waals surface area contributed by atoms with Gasteiger partial charge in [0.1, 0.15) is 6.07 Å². The molecule has 1 aliphatic rings. The summed E-state index contributed by atoms with van der Waals surface area (Å²) in [6.07, 6.45) is 0.699. The monoisotopic (exact) mass is 292 g/mol. The van der Waals surface area contributed by atoms with Crippen molar-refractivity contribution < 1.29 is 13.2 Å². The third kappa shape index (κ3) is 2.83. The molecule has 1 aromatic rings. The van der Waals surface area contributed by atoms with Gasteiger partial charge in [0.05, 0.1) is 28.8 Å². The Hall–Kier alpha value is -1.87. The number of amides is 1. The Labute approximate surface area is 118 Å². The van der Waals surface area contributed by atoms with Crippen LogP contribution in [-0.2, 0) is 14.6 Å². The van der Waals surface area contributed by atoms with Crippen LogP contribution in [0.5, 0.6) is 0 Å². The first kappa shape index (κ1) is 14.5. The van der Waals surface area contributed by atoms with Crippen LogP contribution in [0, 0.1) is 11.3 Å². The summed E-state index contributed by atoms with van der Waals surface area (Å²) >= 11 is 0. The maximum atomic E-state index is 12.2. The maximum Gasteiger partial charge on any atom is 0.227 e. The Morgan fingerprint density at radius 2 is 2.15 bits per heavy atom. The van der Waals surface area contributed by atoms with Gasteiger partial charge in [0.25, 0.3) is 0 Å². The Balaban J connectivity index is 2.44. The molecule has 106 valence electrons. The predicted octanol–water partition coefficient (Wildman–Crippen LogP) is 1.49. The van der Waals surface area contributed by atoms with Crippen LogP contribution in [0.1, 0.15) is 25.3 Å². The molecule has 2 rings (SSSR count). The molecule has 1 aromatic carbocycles. The first-order valence-corrected chi connectivity index (χ1v) is 8.32. The predicted molar refractivity (Wildman–Crippen MR) is 76.0 cm³/mol. The van der Waals surface area contributed by atoms with E-state index < -0.39 is 9.84 Å². The van der Waals surface area contributed by atoms with Gasteiger partial charge in [-0.3, -0.25) is 4.79 Å². The standard InChI is InChI=1S/C14H16N2O3S/c1-2-14(17)16(12-7-8-20(18,19)10-12)13-6-4-3-5-11(13)9-15/h3-6,12H,2,7-8,10H2,1H3. The number of sulfone groups is 1. The molecule has 0 N–H and O–H groups in total. The normalized spacial score (nSPS) is 20.3. The molecule has 0 aliphatic carbocycles. The molecule has 1 heterocycles. The average molecular weight is 292 g/mol. The lowest BCUT2D eigenvalue weighted by Crippen LogP contribution is -2.41. The number of benzene rings is 1. The fourth-order valence-corrected chi connectivity index (χ4v) is 4.16. The summed E-state index contributed by atoms with van der Waals surface area (Å²) in [6.45, 7) is 1.73. The number of anilines is 1.